The molecule has 0 spiro atoms. The van der Waals surface area contributed by atoms with Gasteiger partial charge in [0.25, 0.3) is 5.91 Å². The predicted molar refractivity (Wildman–Crippen MR) is 96.7 cm³/mol. The standard InChI is InChI=1S/C16H20N4O5S/c1-26(24,25)20-6-2-3-10(9-20)8-17-14(21)11-4-5-12-13(7-11)19-16(23)15(22)18-12/h4-5,7,10H,2-3,6,8-9H2,1H3,(H,17,21)(H,18,22)(H,19,23)/t10-/m0/s1. The highest BCUT2D eigenvalue weighted by Crippen LogP contribution is 2.18. The maximum atomic E-state index is 12.4. The third-order valence-electron chi connectivity index (χ3n) is 4.49. The van der Waals surface area contributed by atoms with Crippen LogP contribution in [0.15, 0.2) is 27.8 Å². The zero-order chi connectivity index (χ0) is 18.9. The van der Waals surface area contributed by atoms with Gasteiger partial charge < -0.3 is 15.3 Å². The highest BCUT2D eigenvalue weighted by atomic mass is 32.2. The molecule has 0 saturated carbocycles. The van der Waals surface area contributed by atoms with E-state index >= 15 is 0 Å². The number of carbonyl (C=O) groups is 1. The molecular formula is C16H20N4O5S. The molecule has 0 aliphatic carbocycles. The van der Waals surface area contributed by atoms with E-state index in [1.54, 1.807) is 12.1 Å². The monoisotopic (exact) mass is 380 g/mol. The summed E-state index contributed by atoms with van der Waals surface area (Å²) in [7, 11) is -3.22. The SMILES string of the molecule is CS(=O)(=O)N1CCC[C@@H](CNC(=O)c2ccc3[nH]c(=O)c(=O)[nH]c3c2)C1. The van der Waals surface area contributed by atoms with Crippen LogP contribution in [0.4, 0.5) is 0 Å². The van der Waals surface area contributed by atoms with Crippen LogP contribution >= 0.6 is 0 Å². The molecule has 1 fully saturated rings. The first kappa shape index (κ1) is 18.3. The zero-order valence-corrected chi connectivity index (χ0v) is 15.1. The lowest BCUT2D eigenvalue weighted by Crippen LogP contribution is -2.43. The number of H-pyrrole nitrogens is 2. The molecule has 1 saturated heterocycles. The molecule has 10 heteroatoms. The second kappa shape index (κ2) is 7.04. The Labute approximate surface area is 149 Å². The minimum atomic E-state index is -3.22. The fourth-order valence-electron chi connectivity index (χ4n) is 3.09. The van der Waals surface area contributed by atoms with E-state index < -0.39 is 21.1 Å². The van der Waals surface area contributed by atoms with Gasteiger partial charge in [-0.3, -0.25) is 14.4 Å². The van der Waals surface area contributed by atoms with Crippen molar-refractivity contribution in [3.63, 3.8) is 0 Å². The minimum Gasteiger partial charge on any atom is -0.352 e. The summed E-state index contributed by atoms with van der Waals surface area (Å²) < 4.78 is 24.7. The first-order valence-corrected chi connectivity index (χ1v) is 10.1. The van der Waals surface area contributed by atoms with Crippen molar-refractivity contribution in [2.75, 3.05) is 25.9 Å². The molecule has 2 aromatic rings. The number of hydrogen-bond acceptors (Lipinski definition) is 5. The van der Waals surface area contributed by atoms with Crippen LogP contribution in [-0.4, -0.2) is 54.5 Å². The van der Waals surface area contributed by atoms with Gasteiger partial charge in [-0.05, 0) is 37.0 Å². The van der Waals surface area contributed by atoms with Gasteiger partial charge in [0.2, 0.25) is 10.0 Å². The number of amides is 1. The van der Waals surface area contributed by atoms with Crippen LogP contribution in [0.2, 0.25) is 0 Å². The fourth-order valence-corrected chi connectivity index (χ4v) is 4.03. The van der Waals surface area contributed by atoms with Gasteiger partial charge in [0.05, 0.1) is 17.3 Å². The van der Waals surface area contributed by atoms with Gasteiger partial charge in [-0.1, -0.05) is 0 Å². The Morgan fingerprint density at radius 2 is 1.92 bits per heavy atom. The zero-order valence-electron chi connectivity index (χ0n) is 14.2. The molecule has 0 radical (unpaired) electrons. The Morgan fingerprint density at radius 3 is 2.62 bits per heavy atom. The first-order chi connectivity index (χ1) is 12.2. The average Bonchev–Trinajstić information content (AvgIpc) is 2.60. The van der Waals surface area contributed by atoms with Crippen molar-refractivity contribution in [2.45, 2.75) is 12.8 Å². The molecule has 140 valence electrons. The number of aromatic nitrogens is 2. The van der Waals surface area contributed by atoms with E-state index in [0.717, 1.165) is 12.8 Å². The van der Waals surface area contributed by atoms with Crippen LogP contribution in [0.3, 0.4) is 0 Å². The molecule has 3 rings (SSSR count). The maximum absolute atomic E-state index is 12.4. The Kier molecular flexibility index (Phi) is 4.97. The summed E-state index contributed by atoms with van der Waals surface area (Å²) in [6, 6.07) is 4.59. The van der Waals surface area contributed by atoms with Crippen LogP contribution in [0.5, 0.6) is 0 Å². The molecule has 0 unspecified atom stereocenters. The van der Waals surface area contributed by atoms with E-state index in [0.29, 0.717) is 36.2 Å². The fraction of sp³-hybridized carbons (Fsp3) is 0.438. The van der Waals surface area contributed by atoms with Crippen LogP contribution in [0, 0.1) is 5.92 Å². The maximum Gasteiger partial charge on any atom is 0.314 e. The number of hydrogen-bond donors (Lipinski definition) is 3. The van der Waals surface area contributed by atoms with Crippen molar-refractivity contribution >= 4 is 27.0 Å². The molecule has 0 bridgehead atoms. The molecule has 1 aliphatic heterocycles. The number of benzene rings is 1. The van der Waals surface area contributed by atoms with Crippen molar-refractivity contribution in [2.24, 2.45) is 5.92 Å². The van der Waals surface area contributed by atoms with Gasteiger partial charge in [-0.2, -0.15) is 0 Å². The summed E-state index contributed by atoms with van der Waals surface area (Å²) in [4.78, 5) is 39.9. The summed E-state index contributed by atoms with van der Waals surface area (Å²) in [5.41, 5.74) is -0.387. The largest absolute Gasteiger partial charge is 0.352 e. The molecule has 9 nitrogen and oxygen atoms in total. The third-order valence-corrected chi connectivity index (χ3v) is 5.76. The Balaban J connectivity index is 1.68. The number of rotatable bonds is 4. The van der Waals surface area contributed by atoms with Crippen molar-refractivity contribution < 1.29 is 13.2 Å². The normalized spacial score (nSPS) is 18.7. The molecule has 2 heterocycles. The second-order valence-corrected chi connectivity index (χ2v) is 8.49. The Bertz CT molecular complexity index is 1060. The lowest BCUT2D eigenvalue weighted by atomic mass is 9.99. The van der Waals surface area contributed by atoms with E-state index in [9.17, 15) is 22.8 Å². The summed E-state index contributed by atoms with van der Waals surface area (Å²) in [6.07, 6.45) is 2.80. The topological polar surface area (TPSA) is 132 Å². The summed E-state index contributed by atoms with van der Waals surface area (Å²) in [6.45, 7) is 1.27. The summed E-state index contributed by atoms with van der Waals surface area (Å²) >= 11 is 0. The van der Waals surface area contributed by atoms with Crippen molar-refractivity contribution in [1.82, 2.24) is 19.6 Å². The van der Waals surface area contributed by atoms with E-state index in [1.807, 2.05) is 0 Å². The smallest absolute Gasteiger partial charge is 0.314 e. The summed E-state index contributed by atoms with van der Waals surface area (Å²) in [5, 5.41) is 2.81. The van der Waals surface area contributed by atoms with Crippen molar-refractivity contribution in [3.8, 4) is 0 Å². The summed E-state index contributed by atoms with van der Waals surface area (Å²) in [5.74, 6) is -0.269. The number of fused-ring (bicyclic) bond motifs is 1. The molecule has 1 amide bonds. The number of nitrogens with one attached hydrogen (secondary N) is 3. The quantitative estimate of drug-likeness (QED) is 0.622. The van der Waals surface area contributed by atoms with Gasteiger partial charge in [-0.15, -0.1) is 0 Å². The first-order valence-electron chi connectivity index (χ1n) is 8.24. The van der Waals surface area contributed by atoms with Crippen LogP contribution in [0.1, 0.15) is 23.2 Å². The van der Waals surface area contributed by atoms with E-state index in [-0.39, 0.29) is 11.8 Å². The van der Waals surface area contributed by atoms with E-state index in [4.69, 9.17) is 0 Å². The predicted octanol–water partition coefficient (Wildman–Crippen LogP) is -0.382. The van der Waals surface area contributed by atoms with Gasteiger partial charge in [0.15, 0.2) is 0 Å². The molecule has 1 atom stereocenters. The highest BCUT2D eigenvalue weighted by Gasteiger charge is 2.26. The molecular weight excluding hydrogens is 360 g/mol. The van der Waals surface area contributed by atoms with Crippen LogP contribution in [0.25, 0.3) is 11.0 Å². The lowest BCUT2D eigenvalue weighted by Gasteiger charge is -2.30. The van der Waals surface area contributed by atoms with E-state index in [1.165, 1.54) is 16.6 Å². The van der Waals surface area contributed by atoms with Gasteiger partial charge in [0, 0.05) is 25.2 Å². The Morgan fingerprint density at radius 1 is 1.23 bits per heavy atom. The number of carbonyl (C=O) groups excluding carboxylic acids is 1. The lowest BCUT2D eigenvalue weighted by molar-refractivity contribution is 0.0941. The van der Waals surface area contributed by atoms with Crippen LogP contribution < -0.4 is 16.4 Å². The molecule has 1 aromatic carbocycles. The molecule has 1 aromatic heterocycles. The number of sulfonamides is 1. The van der Waals surface area contributed by atoms with Gasteiger partial charge in [0.1, 0.15) is 0 Å². The number of nitrogens with zero attached hydrogens (tertiary/aromatic N) is 1. The average molecular weight is 380 g/mol. The van der Waals surface area contributed by atoms with Crippen LogP contribution in [-0.2, 0) is 10.0 Å². The molecule has 1 aliphatic rings. The minimum absolute atomic E-state index is 0.0547. The third kappa shape index (κ3) is 4.02. The number of piperidine rings is 1. The van der Waals surface area contributed by atoms with Gasteiger partial charge >= 0.3 is 11.1 Å². The van der Waals surface area contributed by atoms with Crippen molar-refractivity contribution in [3.05, 3.63) is 44.5 Å². The molecule has 26 heavy (non-hydrogen) atoms. The van der Waals surface area contributed by atoms with Gasteiger partial charge in [-0.25, -0.2) is 12.7 Å². The number of aromatic amines is 2. The Hall–Kier alpha value is -2.46. The van der Waals surface area contributed by atoms with Crippen molar-refractivity contribution in [1.29, 1.82) is 0 Å². The van der Waals surface area contributed by atoms with E-state index in [2.05, 4.69) is 15.3 Å². The highest BCUT2D eigenvalue weighted by molar-refractivity contribution is 7.88. The second-order valence-electron chi connectivity index (χ2n) is 6.51. The molecule has 3 N–H and O–H groups in total.